The predicted octanol–water partition coefficient (Wildman–Crippen LogP) is 4.89. The van der Waals surface area contributed by atoms with E-state index in [0.29, 0.717) is 18.3 Å². The molecule has 1 amide bonds. The summed E-state index contributed by atoms with van der Waals surface area (Å²) in [5.74, 6) is -0.828. The van der Waals surface area contributed by atoms with E-state index in [1.165, 1.54) is 19.3 Å². The van der Waals surface area contributed by atoms with Crippen molar-refractivity contribution < 1.29 is 18.0 Å². The van der Waals surface area contributed by atoms with E-state index in [4.69, 9.17) is 5.73 Å². The number of rotatable bonds is 5. The Morgan fingerprint density at radius 1 is 1.15 bits per heavy atom. The number of amides is 1. The zero-order valence-electron chi connectivity index (χ0n) is 16.9. The molecule has 0 aliphatic heterocycles. The maximum Gasteiger partial charge on any atom is 0.471 e. The molecule has 0 aromatic heterocycles. The Balaban J connectivity index is 1.77. The van der Waals surface area contributed by atoms with Crippen molar-refractivity contribution in [3.05, 3.63) is 0 Å². The number of halogens is 3. The Bertz CT molecular complexity index is 556. The third-order valence-corrected chi connectivity index (χ3v) is 8.42. The van der Waals surface area contributed by atoms with Crippen LogP contribution in [0.2, 0.25) is 0 Å². The third kappa shape index (κ3) is 3.75. The molecule has 2 bridgehead atoms. The molecule has 3 fully saturated rings. The highest BCUT2D eigenvalue weighted by atomic mass is 19.4. The summed E-state index contributed by atoms with van der Waals surface area (Å²) < 4.78 is 40.2. The van der Waals surface area contributed by atoms with Gasteiger partial charge in [0.25, 0.3) is 0 Å². The molecule has 0 aromatic carbocycles. The van der Waals surface area contributed by atoms with Gasteiger partial charge in [0.1, 0.15) is 0 Å². The number of alkyl halides is 3. The average Bonchev–Trinajstić information content (AvgIpc) is 2.92. The molecule has 3 aliphatic rings. The van der Waals surface area contributed by atoms with E-state index < -0.39 is 12.1 Å². The minimum atomic E-state index is -4.84. The van der Waals surface area contributed by atoms with Crippen molar-refractivity contribution in [1.82, 2.24) is 4.90 Å². The van der Waals surface area contributed by atoms with Crippen LogP contribution in [0.1, 0.15) is 78.6 Å². The summed E-state index contributed by atoms with van der Waals surface area (Å²) in [5, 5.41) is 0. The molecule has 2 N–H and O–H groups in total. The van der Waals surface area contributed by atoms with E-state index in [-0.39, 0.29) is 29.5 Å². The predicted molar refractivity (Wildman–Crippen MR) is 100.0 cm³/mol. The minimum absolute atomic E-state index is 0.0257. The SMILES string of the molecule is CC1(C)[C@@H]2CC[C@@]1(C)[C@@H](N(C[C@@H](N)CC1CCCCC1)C(=O)C(F)(F)F)C2. The van der Waals surface area contributed by atoms with Gasteiger partial charge in [-0.05, 0) is 48.3 Å². The van der Waals surface area contributed by atoms with Gasteiger partial charge in [0.2, 0.25) is 0 Å². The third-order valence-electron chi connectivity index (χ3n) is 8.42. The lowest BCUT2D eigenvalue weighted by Gasteiger charge is -2.45. The molecule has 3 rings (SSSR count). The van der Waals surface area contributed by atoms with Crippen LogP contribution < -0.4 is 5.73 Å². The largest absolute Gasteiger partial charge is 0.471 e. The fourth-order valence-electron chi connectivity index (χ4n) is 6.33. The maximum absolute atomic E-state index is 13.4. The first kappa shape index (κ1) is 20.9. The number of hydrogen-bond acceptors (Lipinski definition) is 2. The fourth-order valence-corrected chi connectivity index (χ4v) is 6.33. The number of nitrogens with zero attached hydrogens (tertiary/aromatic N) is 1. The van der Waals surface area contributed by atoms with Crippen molar-refractivity contribution in [3.63, 3.8) is 0 Å². The molecule has 0 radical (unpaired) electrons. The number of carbonyl (C=O) groups excluding carboxylic acids is 1. The van der Waals surface area contributed by atoms with E-state index >= 15 is 0 Å². The molecule has 4 atom stereocenters. The van der Waals surface area contributed by atoms with Gasteiger partial charge in [0.05, 0.1) is 0 Å². The highest BCUT2D eigenvalue weighted by Crippen LogP contribution is 2.66. The van der Waals surface area contributed by atoms with Crippen LogP contribution in [0.5, 0.6) is 0 Å². The molecule has 0 aromatic rings. The fraction of sp³-hybridized carbons (Fsp3) is 0.952. The molecular formula is C21H35F3N2O. The highest BCUT2D eigenvalue weighted by Gasteiger charge is 2.64. The Morgan fingerprint density at radius 3 is 2.26 bits per heavy atom. The quantitative estimate of drug-likeness (QED) is 0.729. The summed E-state index contributed by atoms with van der Waals surface area (Å²) in [6.45, 7) is 6.41. The van der Waals surface area contributed by atoms with Gasteiger partial charge in [-0.25, -0.2) is 0 Å². The zero-order chi connectivity index (χ0) is 20.0. The minimum Gasteiger partial charge on any atom is -0.330 e. The Kier molecular flexibility index (Phi) is 5.61. The summed E-state index contributed by atoms with van der Waals surface area (Å²) >= 11 is 0. The van der Waals surface area contributed by atoms with Crippen LogP contribution >= 0.6 is 0 Å². The summed E-state index contributed by atoms with van der Waals surface area (Å²) in [4.78, 5) is 13.5. The number of nitrogens with two attached hydrogens (primary N) is 1. The smallest absolute Gasteiger partial charge is 0.330 e. The first-order valence-electron chi connectivity index (χ1n) is 10.6. The molecule has 3 saturated carbocycles. The van der Waals surface area contributed by atoms with E-state index in [1.807, 2.05) is 0 Å². The second-order valence-corrected chi connectivity index (χ2v) is 10.1. The van der Waals surface area contributed by atoms with E-state index in [1.54, 1.807) is 0 Å². The van der Waals surface area contributed by atoms with Gasteiger partial charge in [0.15, 0.2) is 0 Å². The van der Waals surface area contributed by atoms with Crippen LogP contribution in [0.25, 0.3) is 0 Å². The number of fused-ring (bicyclic) bond motifs is 2. The van der Waals surface area contributed by atoms with Crippen LogP contribution in [0, 0.1) is 22.7 Å². The van der Waals surface area contributed by atoms with Gasteiger partial charge in [-0.15, -0.1) is 0 Å². The monoisotopic (exact) mass is 388 g/mol. The number of hydrogen-bond donors (Lipinski definition) is 1. The van der Waals surface area contributed by atoms with Crippen molar-refractivity contribution in [2.24, 2.45) is 28.4 Å². The molecule has 0 spiro atoms. The van der Waals surface area contributed by atoms with E-state index in [9.17, 15) is 18.0 Å². The Morgan fingerprint density at radius 2 is 1.78 bits per heavy atom. The Hall–Kier alpha value is -0.780. The molecule has 0 saturated heterocycles. The van der Waals surface area contributed by atoms with Crippen LogP contribution in [0.15, 0.2) is 0 Å². The van der Waals surface area contributed by atoms with E-state index in [2.05, 4.69) is 20.8 Å². The maximum atomic E-state index is 13.4. The van der Waals surface area contributed by atoms with Crippen molar-refractivity contribution in [1.29, 1.82) is 0 Å². The lowest BCUT2D eigenvalue weighted by Crippen LogP contribution is -2.56. The average molecular weight is 389 g/mol. The molecular weight excluding hydrogens is 353 g/mol. The zero-order valence-corrected chi connectivity index (χ0v) is 16.9. The highest BCUT2D eigenvalue weighted by molar-refractivity contribution is 5.82. The Labute approximate surface area is 161 Å². The normalized spacial score (nSPS) is 34.6. The van der Waals surface area contributed by atoms with Gasteiger partial charge in [0, 0.05) is 18.6 Å². The molecule has 0 unspecified atom stereocenters. The summed E-state index contributed by atoms with van der Waals surface area (Å²) in [7, 11) is 0. The van der Waals surface area contributed by atoms with Gasteiger partial charge in [-0.1, -0.05) is 52.9 Å². The molecule has 3 nitrogen and oxygen atoms in total. The van der Waals surface area contributed by atoms with Crippen molar-refractivity contribution in [2.45, 2.75) is 96.8 Å². The lowest BCUT2D eigenvalue weighted by atomic mass is 9.68. The van der Waals surface area contributed by atoms with E-state index in [0.717, 1.165) is 37.0 Å². The molecule has 0 heterocycles. The molecule has 27 heavy (non-hydrogen) atoms. The summed E-state index contributed by atoms with van der Waals surface area (Å²) in [5.41, 5.74) is 5.98. The molecule has 6 heteroatoms. The summed E-state index contributed by atoms with van der Waals surface area (Å²) in [6, 6.07) is -0.747. The van der Waals surface area contributed by atoms with Crippen molar-refractivity contribution in [3.8, 4) is 0 Å². The van der Waals surface area contributed by atoms with Crippen LogP contribution in [0.4, 0.5) is 13.2 Å². The summed E-state index contributed by atoms with van der Waals surface area (Å²) in [6.07, 6.45) is 4.29. The topological polar surface area (TPSA) is 46.3 Å². The second kappa shape index (κ2) is 7.23. The van der Waals surface area contributed by atoms with Crippen molar-refractivity contribution >= 4 is 5.91 Å². The van der Waals surface area contributed by atoms with Crippen LogP contribution in [-0.2, 0) is 4.79 Å². The van der Waals surface area contributed by atoms with Crippen LogP contribution in [-0.4, -0.2) is 35.6 Å². The van der Waals surface area contributed by atoms with Crippen LogP contribution in [0.3, 0.4) is 0 Å². The van der Waals surface area contributed by atoms with Gasteiger partial charge in [-0.2, -0.15) is 13.2 Å². The second-order valence-electron chi connectivity index (χ2n) is 10.1. The number of carbonyl (C=O) groups is 1. The first-order valence-corrected chi connectivity index (χ1v) is 10.6. The van der Waals surface area contributed by atoms with Gasteiger partial charge < -0.3 is 10.6 Å². The molecule has 3 aliphatic carbocycles. The van der Waals surface area contributed by atoms with Gasteiger partial charge in [-0.3, -0.25) is 4.79 Å². The lowest BCUT2D eigenvalue weighted by molar-refractivity contribution is -0.191. The standard InChI is InChI=1S/C21H35F3N2O/c1-19(2)15-9-10-20(19,3)17(12-15)26(18(27)21(22,23)24)13-16(25)11-14-7-5-4-6-8-14/h14-17H,4-13,25H2,1-3H3/t15-,16+,17+,20+/m1/s1. The first-order chi connectivity index (χ1) is 12.5. The van der Waals surface area contributed by atoms with Crippen molar-refractivity contribution in [2.75, 3.05) is 6.54 Å². The van der Waals surface area contributed by atoms with Gasteiger partial charge >= 0.3 is 12.1 Å². The molecule has 156 valence electrons.